The molecule has 0 N–H and O–H groups in total. The second kappa shape index (κ2) is 16.8. The fourth-order valence-electron chi connectivity index (χ4n) is 10.6. The Morgan fingerprint density at radius 3 is 1.39 bits per heavy atom. The Kier molecular flexibility index (Phi) is 10.0. The van der Waals surface area contributed by atoms with E-state index in [1.807, 2.05) is 0 Å². The van der Waals surface area contributed by atoms with Gasteiger partial charge in [-0.2, -0.15) is 0 Å². The van der Waals surface area contributed by atoms with Gasteiger partial charge in [0.05, 0.1) is 5.69 Å². The van der Waals surface area contributed by atoms with Crippen molar-refractivity contribution >= 4 is 27.8 Å². The molecule has 1 aliphatic rings. The van der Waals surface area contributed by atoms with Crippen LogP contribution in [0, 0.1) is 0 Å². The Morgan fingerprint density at radius 2 is 0.701 bits per heavy atom. The molecule has 0 amide bonds. The summed E-state index contributed by atoms with van der Waals surface area (Å²) in [7, 11) is 0. The molecule has 1 heteroatoms. The van der Waals surface area contributed by atoms with Crippen molar-refractivity contribution in [2.24, 2.45) is 0 Å². The summed E-state index contributed by atoms with van der Waals surface area (Å²) in [5.74, 6) is 0. The number of hydrogen-bond acceptors (Lipinski definition) is 1. The van der Waals surface area contributed by atoms with Gasteiger partial charge in [-0.3, -0.25) is 0 Å². The van der Waals surface area contributed by atoms with Crippen molar-refractivity contribution in [2.75, 3.05) is 4.90 Å². The Balaban J connectivity index is 0.938. The number of rotatable bonds is 9. The first-order chi connectivity index (χ1) is 33.1. The molecular formula is C66H47N. The van der Waals surface area contributed by atoms with Crippen LogP contribution >= 0.6 is 0 Å². The zero-order chi connectivity index (χ0) is 44.7. The van der Waals surface area contributed by atoms with Gasteiger partial charge >= 0.3 is 0 Å². The second-order valence-corrected chi connectivity index (χ2v) is 17.8. The Morgan fingerprint density at radius 1 is 0.284 bits per heavy atom. The van der Waals surface area contributed by atoms with Crippen LogP contribution in [-0.2, 0) is 5.41 Å². The van der Waals surface area contributed by atoms with Crippen LogP contribution in [-0.4, -0.2) is 0 Å². The van der Waals surface area contributed by atoms with Gasteiger partial charge in [0.25, 0.3) is 0 Å². The quantitative estimate of drug-likeness (QED) is 0.140. The molecular weight excluding hydrogens is 807 g/mol. The molecule has 11 aromatic rings. The van der Waals surface area contributed by atoms with Crippen LogP contribution in [0.3, 0.4) is 0 Å². The highest BCUT2D eigenvalue weighted by molar-refractivity contribution is 5.98. The number of hydrogen-bond donors (Lipinski definition) is 0. The molecule has 67 heavy (non-hydrogen) atoms. The van der Waals surface area contributed by atoms with Gasteiger partial charge in [-0.1, -0.05) is 237 Å². The van der Waals surface area contributed by atoms with Crippen molar-refractivity contribution in [1.82, 2.24) is 0 Å². The zero-order valence-electron chi connectivity index (χ0n) is 37.4. The normalized spacial score (nSPS) is 13.8. The molecule has 0 heterocycles. The summed E-state index contributed by atoms with van der Waals surface area (Å²) in [5.41, 5.74) is 21.7. The minimum absolute atomic E-state index is 0.256. The van der Waals surface area contributed by atoms with Gasteiger partial charge < -0.3 is 4.90 Å². The molecule has 1 unspecified atom stereocenters. The van der Waals surface area contributed by atoms with Crippen molar-refractivity contribution < 1.29 is 0 Å². The van der Waals surface area contributed by atoms with Crippen LogP contribution in [0.5, 0.6) is 0 Å². The van der Waals surface area contributed by atoms with E-state index in [1.54, 1.807) is 0 Å². The zero-order valence-corrected chi connectivity index (χ0v) is 37.4. The Hall–Kier alpha value is -8.52. The summed E-state index contributed by atoms with van der Waals surface area (Å²) in [6.45, 7) is 2.39. The average molecular weight is 854 g/mol. The van der Waals surface area contributed by atoms with Gasteiger partial charge in [0, 0.05) is 22.4 Å². The summed E-state index contributed by atoms with van der Waals surface area (Å²) in [6, 6.07) is 97.6. The maximum absolute atomic E-state index is 2.41. The third kappa shape index (κ3) is 7.04. The molecule has 0 aliphatic heterocycles. The summed E-state index contributed by atoms with van der Waals surface area (Å²) >= 11 is 0. The van der Waals surface area contributed by atoms with Gasteiger partial charge in [0.2, 0.25) is 0 Å². The molecule has 0 fully saturated rings. The lowest BCUT2D eigenvalue weighted by atomic mass is 9.74. The molecule has 1 nitrogen and oxygen atoms in total. The molecule has 316 valence electrons. The number of para-hydroxylation sites is 1. The molecule has 0 bridgehead atoms. The Bertz CT molecular complexity index is 3530. The van der Waals surface area contributed by atoms with E-state index in [-0.39, 0.29) is 5.41 Å². The van der Waals surface area contributed by atoms with Crippen molar-refractivity contribution in [3.63, 3.8) is 0 Å². The van der Waals surface area contributed by atoms with Crippen molar-refractivity contribution in [3.05, 3.63) is 284 Å². The smallest absolute Gasteiger partial charge is 0.0540 e. The largest absolute Gasteiger partial charge is 0.310 e. The summed E-state index contributed by atoms with van der Waals surface area (Å²) in [4.78, 5) is 2.41. The van der Waals surface area contributed by atoms with Crippen LogP contribution < -0.4 is 4.90 Å². The van der Waals surface area contributed by atoms with E-state index >= 15 is 0 Å². The maximum Gasteiger partial charge on any atom is 0.0540 e. The number of anilines is 3. The van der Waals surface area contributed by atoms with Crippen molar-refractivity contribution in [3.8, 4) is 66.8 Å². The van der Waals surface area contributed by atoms with E-state index in [1.165, 1.54) is 88.7 Å². The molecule has 0 saturated carbocycles. The topological polar surface area (TPSA) is 3.24 Å². The fourth-order valence-corrected chi connectivity index (χ4v) is 10.6. The SMILES string of the molecule is CC1(c2ccccc2)c2ccccc2-c2c(-c3ccc(N(c4ccc(-c5ccc(-c6cccc7ccccc67)cc5)cc4)c4ccccc4-c4ccc(-c5ccccc5)cc4)cc3)cccc21. The van der Waals surface area contributed by atoms with E-state index in [0.717, 1.165) is 22.6 Å². The minimum Gasteiger partial charge on any atom is -0.310 e. The van der Waals surface area contributed by atoms with Crippen molar-refractivity contribution in [1.29, 1.82) is 0 Å². The molecule has 12 rings (SSSR count). The summed E-state index contributed by atoms with van der Waals surface area (Å²) < 4.78 is 0. The fraction of sp³-hybridized carbons (Fsp3) is 0.0303. The first-order valence-corrected chi connectivity index (χ1v) is 23.2. The lowest BCUT2D eigenvalue weighted by molar-refractivity contribution is 0.714. The minimum atomic E-state index is -0.256. The van der Waals surface area contributed by atoms with Gasteiger partial charge in [-0.05, 0) is 126 Å². The van der Waals surface area contributed by atoms with Gasteiger partial charge in [-0.25, -0.2) is 0 Å². The highest BCUT2D eigenvalue weighted by Gasteiger charge is 2.41. The number of benzene rings is 11. The van der Waals surface area contributed by atoms with Crippen LogP contribution in [0.15, 0.2) is 267 Å². The predicted molar refractivity (Wildman–Crippen MR) is 283 cm³/mol. The second-order valence-electron chi connectivity index (χ2n) is 17.8. The number of fused-ring (bicyclic) bond motifs is 4. The molecule has 0 radical (unpaired) electrons. The van der Waals surface area contributed by atoms with E-state index in [9.17, 15) is 0 Å². The molecule has 11 aromatic carbocycles. The molecule has 0 spiro atoms. The van der Waals surface area contributed by atoms with E-state index in [2.05, 4.69) is 279 Å². The van der Waals surface area contributed by atoms with Gasteiger partial charge in [-0.15, -0.1) is 0 Å². The monoisotopic (exact) mass is 853 g/mol. The average Bonchev–Trinajstić information content (AvgIpc) is 3.68. The molecule has 1 aliphatic carbocycles. The van der Waals surface area contributed by atoms with Crippen LogP contribution in [0.1, 0.15) is 23.6 Å². The lowest BCUT2D eigenvalue weighted by Gasteiger charge is -2.29. The third-order valence-corrected chi connectivity index (χ3v) is 14.0. The van der Waals surface area contributed by atoms with Crippen LogP contribution in [0.25, 0.3) is 77.5 Å². The predicted octanol–water partition coefficient (Wildman–Crippen LogP) is 18.0. The number of nitrogens with zero attached hydrogens (tertiary/aromatic N) is 1. The van der Waals surface area contributed by atoms with Gasteiger partial charge in [0.15, 0.2) is 0 Å². The maximum atomic E-state index is 2.41. The first-order valence-electron chi connectivity index (χ1n) is 23.2. The van der Waals surface area contributed by atoms with E-state index < -0.39 is 0 Å². The van der Waals surface area contributed by atoms with E-state index in [4.69, 9.17) is 0 Å². The Labute approximate surface area is 393 Å². The third-order valence-electron chi connectivity index (χ3n) is 14.0. The van der Waals surface area contributed by atoms with Crippen molar-refractivity contribution in [2.45, 2.75) is 12.3 Å². The summed E-state index contributed by atoms with van der Waals surface area (Å²) in [5, 5.41) is 2.53. The summed E-state index contributed by atoms with van der Waals surface area (Å²) in [6.07, 6.45) is 0. The van der Waals surface area contributed by atoms with Gasteiger partial charge in [0.1, 0.15) is 0 Å². The molecule has 1 atom stereocenters. The molecule has 0 aromatic heterocycles. The highest BCUT2D eigenvalue weighted by atomic mass is 15.1. The van der Waals surface area contributed by atoms with Crippen LogP contribution in [0.4, 0.5) is 17.1 Å². The first kappa shape index (κ1) is 40.0. The van der Waals surface area contributed by atoms with Crippen LogP contribution in [0.2, 0.25) is 0 Å². The molecule has 0 saturated heterocycles. The lowest BCUT2D eigenvalue weighted by Crippen LogP contribution is -2.22. The standard InChI is InChI=1S/C66H47N/c1-66(54-20-6-3-7-21-54)62-27-12-10-24-61(62)65-60(26-15-28-63(65)66)53-40-44-56(45-41-53)67(64-29-13-11-23-59(64)52-36-32-47(33-37-52)46-16-4-2-5-17-46)55-42-38-49(39-43-55)48-30-34-51(35-31-48)58-25-14-19-50-18-8-9-22-57(50)58/h2-45H,1H3. The highest BCUT2D eigenvalue weighted by Crippen LogP contribution is 2.55. The van der Waals surface area contributed by atoms with E-state index in [0.29, 0.717) is 0 Å².